The Morgan fingerprint density at radius 3 is 2.67 bits per heavy atom. The molecule has 4 nitrogen and oxygen atoms in total. The van der Waals surface area contributed by atoms with E-state index in [-0.39, 0.29) is 6.03 Å². The van der Waals surface area contributed by atoms with Gasteiger partial charge >= 0.3 is 6.03 Å². The van der Waals surface area contributed by atoms with Gasteiger partial charge < -0.3 is 10.2 Å². The van der Waals surface area contributed by atoms with Gasteiger partial charge in [0, 0.05) is 30.6 Å². The lowest BCUT2D eigenvalue weighted by atomic mass is 10.1. The summed E-state index contributed by atoms with van der Waals surface area (Å²) in [7, 11) is 0. The summed E-state index contributed by atoms with van der Waals surface area (Å²) in [6, 6.07) is 4.89. The van der Waals surface area contributed by atoms with Gasteiger partial charge in [-0.1, -0.05) is 18.9 Å². The van der Waals surface area contributed by atoms with Crippen LogP contribution in [0.2, 0.25) is 0 Å². The first-order valence-electron chi connectivity index (χ1n) is 8.12. The molecule has 0 spiro atoms. The third-order valence-corrected chi connectivity index (χ3v) is 5.47. The van der Waals surface area contributed by atoms with Crippen LogP contribution >= 0.6 is 11.3 Å². The Bertz CT molecular complexity index is 434. The van der Waals surface area contributed by atoms with E-state index in [1.54, 1.807) is 11.3 Å². The van der Waals surface area contributed by atoms with Crippen LogP contribution < -0.4 is 5.32 Å². The van der Waals surface area contributed by atoms with E-state index in [2.05, 4.69) is 27.7 Å². The van der Waals surface area contributed by atoms with Crippen LogP contribution in [0.4, 0.5) is 4.79 Å². The second-order valence-corrected chi connectivity index (χ2v) is 7.10. The third-order valence-electron chi connectivity index (χ3n) is 4.53. The zero-order valence-corrected chi connectivity index (χ0v) is 13.4. The predicted molar refractivity (Wildman–Crippen MR) is 86.8 cm³/mol. The molecule has 2 aliphatic heterocycles. The van der Waals surface area contributed by atoms with Crippen molar-refractivity contribution in [1.82, 2.24) is 15.1 Å². The van der Waals surface area contributed by atoms with Crippen molar-refractivity contribution in [2.45, 2.75) is 38.1 Å². The number of thiophene rings is 1. The molecule has 0 radical (unpaired) electrons. The Morgan fingerprint density at radius 1 is 1.24 bits per heavy atom. The molecule has 0 aromatic carbocycles. The second kappa shape index (κ2) is 7.27. The first kappa shape index (κ1) is 14.9. The summed E-state index contributed by atoms with van der Waals surface area (Å²) < 4.78 is 0. The van der Waals surface area contributed by atoms with Gasteiger partial charge in [0.15, 0.2) is 0 Å². The number of nitrogens with one attached hydrogen (secondary N) is 1. The maximum atomic E-state index is 12.0. The van der Waals surface area contributed by atoms with Gasteiger partial charge in [-0.05, 0) is 43.8 Å². The molecule has 5 heteroatoms. The highest BCUT2D eigenvalue weighted by atomic mass is 32.1. The van der Waals surface area contributed by atoms with Crippen LogP contribution in [0.3, 0.4) is 0 Å². The van der Waals surface area contributed by atoms with Gasteiger partial charge in [0.1, 0.15) is 0 Å². The lowest BCUT2D eigenvalue weighted by Crippen LogP contribution is -2.63. The molecule has 1 aromatic rings. The van der Waals surface area contributed by atoms with Crippen LogP contribution in [0.5, 0.6) is 0 Å². The van der Waals surface area contributed by atoms with Gasteiger partial charge in [-0.25, -0.2) is 4.79 Å². The summed E-state index contributed by atoms with van der Waals surface area (Å²) in [6.07, 6.45) is 6.33. The SMILES string of the molecule is O=C(NCCc1cccs1)N1CC(N2CCCCCC2)C1. The molecule has 0 atom stereocenters. The van der Waals surface area contributed by atoms with Crippen molar-refractivity contribution >= 4 is 17.4 Å². The van der Waals surface area contributed by atoms with Crippen molar-refractivity contribution in [2.24, 2.45) is 0 Å². The highest BCUT2D eigenvalue weighted by Crippen LogP contribution is 2.19. The van der Waals surface area contributed by atoms with E-state index in [0.29, 0.717) is 6.04 Å². The number of nitrogens with zero attached hydrogens (tertiary/aromatic N) is 2. The van der Waals surface area contributed by atoms with Gasteiger partial charge in [-0.15, -0.1) is 11.3 Å². The first-order chi connectivity index (χ1) is 10.3. The van der Waals surface area contributed by atoms with E-state index >= 15 is 0 Å². The van der Waals surface area contributed by atoms with E-state index < -0.39 is 0 Å². The third kappa shape index (κ3) is 3.98. The van der Waals surface area contributed by atoms with Crippen LogP contribution in [0.1, 0.15) is 30.6 Å². The van der Waals surface area contributed by atoms with E-state index in [1.165, 1.54) is 43.6 Å². The highest BCUT2D eigenvalue weighted by Gasteiger charge is 2.34. The maximum absolute atomic E-state index is 12.0. The van der Waals surface area contributed by atoms with Gasteiger partial charge in [0.05, 0.1) is 0 Å². The second-order valence-electron chi connectivity index (χ2n) is 6.07. The van der Waals surface area contributed by atoms with Crippen molar-refractivity contribution in [3.05, 3.63) is 22.4 Å². The highest BCUT2D eigenvalue weighted by molar-refractivity contribution is 7.09. The minimum atomic E-state index is 0.109. The van der Waals surface area contributed by atoms with E-state index in [9.17, 15) is 4.79 Å². The van der Waals surface area contributed by atoms with Gasteiger partial charge in [0.25, 0.3) is 0 Å². The molecule has 3 rings (SSSR count). The maximum Gasteiger partial charge on any atom is 0.317 e. The number of likely N-dealkylation sites (tertiary alicyclic amines) is 2. The molecular weight excluding hydrogens is 282 g/mol. The average molecular weight is 307 g/mol. The predicted octanol–water partition coefficient (Wildman–Crippen LogP) is 2.56. The molecule has 2 amide bonds. The quantitative estimate of drug-likeness (QED) is 0.928. The molecule has 2 fully saturated rings. The van der Waals surface area contributed by atoms with E-state index in [4.69, 9.17) is 0 Å². The lowest BCUT2D eigenvalue weighted by molar-refractivity contribution is 0.0589. The topological polar surface area (TPSA) is 35.6 Å². The Hall–Kier alpha value is -1.07. The monoisotopic (exact) mass is 307 g/mol. The van der Waals surface area contributed by atoms with Crippen molar-refractivity contribution in [2.75, 3.05) is 32.7 Å². The minimum Gasteiger partial charge on any atom is -0.338 e. The fourth-order valence-corrected chi connectivity index (χ4v) is 3.88. The normalized spacial score (nSPS) is 20.9. The van der Waals surface area contributed by atoms with Gasteiger partial charge in [0.2, 0.25) is 0 Å². The molecule has 21 heavy (non-hydrogen) atoms. The first-order valence-corrected chi connectivity index (χ1v) is 9.00. The summed E-state index contributed by atoms with van der Waals surface area (Å²) >= 11 is 1.75. The number of urea groups is 1. The molecule has 0 aliphatic carbocycles. The van der Waals surface area contributed by atoms with Crippen LogP contribution in [0.15, 0.2) is 17.5 Å². The molecule has 0 bridgehead atoms. The summed E-state index contributed by atoms with van der Waals surface area (Å²) in [4.78, 5) is 17.9. The number of carbonyl (C=O) groups is 1. The number of carbonyl (C=O) groups excluding carboxylic acids is 1. The molecule has 116 valence electrons. The summed E-state index contributed by atoms with van der Waals surface area (Å²) in [5.74, 6) is 0. The van der Waals surface area contributed by atoms with Crippen molar-refractivity contribution in [3.8, 4) is 0 Å². The molecule has 1 aromatic heterocycles. The molecular formula is C16H25N3OS. The van der Waals surface area contributed by atoms with Crippen molar-refractivity contribution in [1.29, 1.82) is 0 Å². The smallest absolute Gasteiger partial charge is 0.317 e. The van der Waals surface area contributed by atoms with Gasteiger partial charge in [-0.2, -0.15) is 0 Å². The Kier molecular flexibility index (Phi) is 5.14. The molecule has 3 heterocycles. The largest absolute Gasteiger partial charge is 0.338 e. The number of amides is 2. The fourth-order valence-electron chi connectivity index (χ4n) is 3.17. The lowest BCUT2D eigenvalue weighted by Gasteiger charge is -2.45. The fraction of sp³-hybridized carbons (Fsp3) is 0.688. The Morgan fingerprint density at radius 2 is 2.00 bits per heavy atom. The standard InChI is InChI=1S/C16H25N3OS/c20-16(17-8-7-15-6-5-11-21-15)19-12-14(13-19)18-9-3-1-2-4-10-18/h5-6,11,14H,1-4,7-10,12-13H2,(H,17,20). The molecule has 2 saturated heterocycles. The number of hydrogen-bond donors (Lipinski definition) is 1. The van der Waals surface area contributed by atoms with Gasteiger partial charge in [-0.3, -0.25) is 4.90 Å². The molecule has 0 saturated carbocycles. The van der Waals surface area contributed by atoms with Crippen LogP contribution in [0.25, 0.3) is 0 Å². The molecule has 1 N–H and O–H groups in total. The van der Waals surface area contributed by atoms with Crippen molar-refractivity contribution in [3.63, 3.8) is 0 Å². The van der Waals surface area contributed by atoms with Crippen LogP contribution in [0, 0.1) is 0 Å². The Balaban J connectivity index is 1.34. The molecule has 2 aliphatic rings. The minimum absolute atomic E-state index is 0.109. The average Bonchev–Trinajstić information content (AvgIpc) is 2.80. The van der Waals surface area contributed by atoms with Crippen molar-refractivity contribution < 1.29 is 4.79 Å². The van der Waals surface area contributed by atoms with Crippen LogP contribution in [-0.4, -0.2) is 54.6 Å². The number of hydrogen-bond acceptors (Lipinski definition) is 3. The van der Waals surface area contributed by atoms with E-state index in [0.717, 1.165) is 26.1 Å². The van der Waals surface area contributed by atoms with E-state index in [1.807, 2.05) is 4.90 Å². The zero-order valence-electron chi connectivity index (χ0n) is 12.6. The summed E-state index contributed by atoms with van der Waals surface area (Å²) in [5.41, 5.74) is 0. The number of rotatable bonds is 4. The molecule has 0 unspecified atom stereocenters. The summed E-state index contributed by atoms with van der Waals surface area (Å²) in [6.45, 7) is 5.00. The zero-order chi connectivity index (χ0) is 14.5. The summed E-state index contributed by atoms with van der Waals surface area (Å²) in [5, 5.41) is 5.12. The Labute approximate surface area is 131 Å². The van der Waals surface area contributed by atoms with Crippen LogP contribution in [-0.2, 0) is 6.42 Å².